The molecule has 2 heterocycles. The SMILES string of the molecule is COc1cc(N2CCC[C@H]([C@@H](O)c3nccn3C)C2)ccc1[N+](=O)[O-]. The minimum Gasteiger partial charge on any atom is -0.490 e. The number of imidazole rings is 1. The predicted molar refractivity (Wildman–Crippen MR) is 92.8 cm³/mol. The largest absolute Gasteiger partial charge is 0.490 e. The zero-order valence-corrected chi connectivity index (χ0v) is 14.3. The van der Waals surface area contributed by atoms with Gasteiger partial charge in [0.15, 0.2) is 5.75 Å². The number of aliphatic hydroxyl groups excluding tert-OH is 1. The van der Waals surface area contributed by atoms with Gasteiger partial charge >= 0.3 is 5.69 Å². The first kappa shape index (κ1) is 17.2. The Morgan fingerprint density at radius 2 is 2.28 bits per heavy atom. The van der Waals surface area contributed by atoms with Crippen molar-refractivity contribution in [2.75, 3.05) is 25.1 Å². The van der Waals surface area contributed by atoms with Crippen LogP contribution in [0.5, 0.6) is 5.75 Å². The fraction of sp³-hybridized carbons (Fsp3) is 0.471. The summed E-state index contributed by atoms with van der Waals surface area (Å²) in [6.07, 6.45) is 4.71. The lowest BCUT2D eigenvalue weighted by Gasteiger charge is -2.36. The number of methoxy groups -OCH3 is 1. The summed E-state index contributed by atoms with van der Waals surface area (Å²) >= 11 is 0. The average Bonchev–Trinajstić information content (AvgIpc) is 3.06. The summed E-state index contributed by atoms with van der Waals surface area (Å²) in [5, 5.41) is 21.7. The number of nitro benzene ring substituents is 1. The number of aryl methyl sites for hydroxylation is 1. The van der Waals surface area contributed by atoms with Crippen LogP contribution in [0.15, 0.2) is 30.6 Å². The number of hydrogen-bond donors (Lipinski definition) is 1. The van der Waals surface area contributed by atoms with Crippen LogP contribution in [0.2, 0.25) is 0 Å². The smallest absolute Gasteiger partial charge is 0.311 e. The Labute approximate surface area is 145 Å². The first-order valence-corrected chi connectivity index (χ1v) is 8.24. The highest BCUT2D eigenvalue weighted by Gasteiger charge is 2.30. The van der Waals surface area contributed by atoms with Crippen molar-refractivity contribution in [1.29, 1.82) is 0 Å². The van der Waals surface area contributed by atoms with Gasteiger partial charge in [0.25, 0.3) is 0 Å². The van der Waals surface area contributed by atoms with Gasteiger partial charge in [-0.25, -0.2) is 4.98 Å². The Kier molecular flexibility index (Phi) is 4.89. The molecular formula is C17H22N4O4. The zero-order chi connectivity index (χ0) is 18.0. The van der Waals surface area contributed by atoms with Gasteiger partial charge < -0.3 is 19.3 Å². The molecule has 1 fully saturated rings. The van der Waals surface area contributed by atoms with Crippen molar-refractivity contribution in [2.24, 2.45) is 13.0 Å². The predicted octanol–water partition coefficient (Wildman–Crippen LogP) is 2.29. The van der Waals surface area contributed by atoms with Gasteiger partial charge in [-0.15, -0.1) is 0 Å². The van der Waals surface area contributed by atoms with E-state index in [1.807, 2.05) is 17.8 Å². The molecule has 8 heteroatoms. The second-order valence-corrected chi connectivity index (χ2v) is 6.30. The van der Waals surface area contributed by atoms with Gasteiger partial charge in [-0.3, -0.25) is 10.1 Å². The number of rotatable bonds is 5. The Balaban J connectivity index is 1.79. The molecule has 3 rings (SSSR count). The van der Waals surface area contributed by atoms with Crippen molar-refractivity contribution in [1.82, 2.24) is 9.55 Å². The molecule has 134 valence electrons. The highest BCUT2D eigenvalue weighted by molar-refractivity contribution is 5.59. The second kappa shape index (κ2) is 7.10. The molecule has 0 aliphatic carbocycles. The van der Waals surface area contributed by atoms with E-state index >= 15 is 0 Å². The van der Waals surface area contributed by atoms with Crippen LogP contribution in [-0.2, 0) is 7.05 Å². The number of nitro groups is 1. The summed E-state index contributed by atoms with van der Waals surface area (Å²) in [5.41, 5.74) is 0.812. The number of nitrogens with zero attached hydrogens (tertiary/aromatic N) is 4. The van der Waals surface area contributed by atoms with Crippen LogP contribution < -0.4 is 9.64 Å². The molecule has 0 radical (unpaired) electrons. The number of aromatic nitrogens is 2. The fourth-order valence-electron chi connectivity index (χ4n) is 3.39. The van der Waals surface area contributed by atoms with Gasteiger partial charge in [0.2, 0.25) is 0 Å². The summed E-state index contributed by atoms with van der Waals surface area (Å²) in [5.74, 6) is 0.957. The van der Waals surface area contributed by atoms with Gasteiger partial charge in [0.1, 0.15) is 11.9 Å². The average molecular weight is 346 g/mol. The minimum absolute atomic E-state index is 0.0483. The molecule has 0 amide bonds. The van der Waals surface area contributed by atoms with Crippen molar-refractivity contribution in [3.8, 4) is 5.75 Å². The fourth-order valence-corrected chi connectivity index (χ4v) is 3.39. The molecule has 2 atom stereocenters. The van der Waals surface area contributed by atoms with Crippen LogP contribution >= 0.6 is 0 Å². The van der Waals surface area contributed by atoms with Crippen molar-refractivity contribution < 1.29 is 14.8 Å². The molecule has 1 aliphatic heterocycles. The molecule has 0 unspecified atom stereocenters. The summed E-state index contributed by atoms with van der Waals surface area (Å²) < 4.78 is 6.99. The first-order valence-electron chi connectivity index (χ1n) is 8.24. The molecule has 2 aromatic rings. The number of piperidine rings is 1. The van der Waals surface area contributed by atoms with Crippen LogP contribution in [0.1, 0.15) is 24.8 Å². The van der Waals surface area contributed by atoms with E-state index in [2.05, 4.69) is 9.88 Å². The highest BCUT2D eigenvalue weighted by atomic mass is 16.6. The third kappa shape index (κ3) is 3.43. The van der Waals surface area contributed by atoms with Crippen molar-refractivity contribution in [2.45, 2.75) is 18.9 Å². The lowest BCUT2D eigenvalue weighted by molar-refractivity contribution is -0.385. The van der Waals surface area contributed by atoms with E-state index in [-0.39, 0.29) is 17.4 Å². The number of aliphatic hydroxyl groups is 1. The third-order valence-corrected chi connectivity index (χ3v) is 4.75. The molecule has 1 N–H and O–H groups in total. The van der Waals surface area contributed by atoms with E-state index in [9.17, 15) is 15.2 Å². The van der Waals surface area contributed by atoms with E-state index in [4.69, 9.17) is 4.74 Å². The molecule has 0 saturated carbocycles. The van der Waals surface area contributed by atoms with E-state index in [0.29, 0.717) is 12.4 Å². The van der Waals surface area contributed by atoms with Crippen LogP contribution in [0.3, 0.4) is 0 Å². The lowest BCUT2D eigenvalue weighted by Crippen LogP contribution is -2.38. The number of hydrogen-bond acceptors (Lipinski definition) is 6. The number of anilines is 1. The molecule has 1 saturated heterocycles. The standard InChI is InChI=1S/C17H22N4O4/c1-19-9-7-18-17(19)16(22)12-4-3-8-20(11-12)13-5-6-14(21(23)24)15(10-13)25-2/h5-7,9-10,12,16,22H,3-4,8,11H2,1-2H3/t12-,16+/m0/s1. The maximum atomic E-state index is 11.0. The molecule has 0 bridgehead atoms. The molecule has 0 spiro atoms. The van der Waals surface area contributed by atoms with Crippen LogP contribution in [0.4, 0.5) is 11.4 Å². The van der Waals surface area contributed by atoms with Crippen LogP contribution in [-0.4, -0.2) is 39.8 Å². The Morgan fingerprint density at radius 1 is 1.48 bits per heavy atom. The van der Waals surface area contributed by atoms with Crippen LogP contribution in [0, 0.1) is 16.0 Å². The summed E-state index contributed by atoms with van der Waals surface area (Å²) in [4.78, 5) is 17.0. The zero-order valence-electron chi connectivity index (χ0n) is 14.3. The van der Waals surface area contributed by atoms with E-state index in [1.165, 1.54) is 13.2 Å². The van der Waals surface area contributed by atoms with Crippen molar-refractivity contribution in [3.63, 3.8) is 0 Å². The molecule has 1 aromatic carbocycles. The molecule has 8 nitrogen and oxygen atoms in total. The number of benzene rings is 1. The monoisotopic (exact) mass is 346 g/mol. The topological polar surface area (TPSA) is 93.7 Å². The summed E-state index contributed by atoms with van der Waals surface area (Å²) in [6, 6.07) is 4.89. The van der Waals surface area contributed by atoms with Gasteiger partial charge in [-0.05, 0) is 18.9 Å². The lowest BCUT2D eigenvalue weighted by atomic mass is 9.91. The Hall–Kier alpha value is -2.61. The van der Waals surface area contributed by atoms with E-state index in [1.54, 1.807) is 18.3 Å². The molecule has 1 aromatic heterocycles. The Bertz CT molecular complexity index is 761. The molecular weight excluding hydrogens is 324 g/mol. The molecule has 25 heavy (non-hydrogen) atoms. The van der Waals surface area contributed by atoms with Gasteiger partial charge in [0.05, 0.1) is 12.0 Å². The van der Waals surface area contributed by atoms with Crippen molar-refractivity contribution >= 4 is 11.4 Å². The highest BCUT2D eigenvalue weighted by Crippen LogP contribution is 2.35. The van der Waals surface area contributed by atoms with Gasteiger partial charge in [-0.1, -0.05) is 0 Å². The van der Waals surface area contributed by atoms with Gasteiger partial charge in [0, 0.05) is 56.3 Å². The van der Waals surface area contributed by atoms with E-state index in [0.717, 1.165) is 25.1 Å². The minimum atomic E-state index is -0.636. The van der Waals surface area contributed by atoms with Crippen molar-refractivity contribution in [3.05, 3.63) is 46.5 Å². The summed E-state index contributed by atoms with van der Waals surface area (Å²) in [6.45, 7) is 1.50. The molecule has 1 aliphatic rings. The Morgan fingerprint density at radius 3 is 2.92 bits per heavy atom. The summed E-state index contributed by atoms with van der Waals surface area (Å²) in [7, 11) is 3.29. The van der Waals surface area contributed by atoms with E-state index < -0.39 is 11.0 Å². The first-order chi connectivity index (χ1) is 12.0. The van der Waals surface area contributed by atoms with Gasteiger partial charge in [-0.2, -0.15) is 0 Å². The maximum Gasteiger partial charge on any atom is 0.311 e. The third-order valence-electron chi connectivity index (χ3n) is 4.75. The number of ether oxygens (including phenoxy) is 1. The second-order valence-electron chi connectivity index (χ2n) is 6.30. The van der Waals surface area contributed by atoms with Crippen LogP contribution in [0.25, 0.3) is 0 Å². The normalized spacial score (nSPS) is 18.8. The maximum absolute atomic E-state index is 11.0. The quantitative estimate of drug-likeness (QED) is 0.659.